The van der Waals surface area contributed by atoms with Crippen LogP contribution in [0.25, 0.3) is 0 Å². The quantitative estimate of drug-likeness (QED) is 0.664. The first-order valence-corrected chi connectivity index (χ1v) is 8.04. The predicted molar refractivity (Wildman–Crippen MR) is 94.4 cm³/mol. The Kier molecular flexibility index (Phi) is 5.73. The number of aryl methyl sites for hydroxylation is 3. The number of nitrogens with one attached hydrogen (secondary N) is 3. The topological polar surface area (TPSA) is 96.8 Å². The van der Waals surface area contributed by atoms with Gasteiger partial charge in [0.15, 0.2) is 0 Å². The first-order valence-electron chi connectivity index (χ1n) is 8.04. The Morgan fingerprint density at radius 3 is 2.54 bits per heavy atom. The average Bonchev–Trinajstić information content (AvgIpc) is 2.76. The molecule has 0 radical (unpaired) electrons. The molecule has 0 saturated heterocycles. The van der Waals surface area contributed by atoms with E-state index in [-0.39, 0.29) is 5.91 Å². The largest absolute Gasteiger partial charge is 0.368 e. The minimum absolute atomic E-state index is 0.105. The van der Waals surface area contributed by atoms with Crippen molar-refractivity contribution in [2.75, 3.05) is 30.3 Å². The molecule has 8 nitrogen and oxygen atoms in total. The lowest BCUT2D eigenvalue weighted by Gasteiger charge is -2.10. The van der Waals surface area contributed by atoms with Gasteiger partial charge in [-0.1, -0.05) is 0 Å². The van der Waals surface area contributed by atoms with Crippen molar-refractivity contribution in [1.82, 2.24) is 25.1 Å². The van der Waals surface area contributed by atoms with Crippen molar-refractivity contribution in [2.45, 2.75) is 27.7 Å². The van der Waals surface area contributed by atoms with Crippen molar-refractivity contribution in [3.8, 4) is 0 Å². The maximum Gasteiger partial charge on any atom is 0.255 e. The third kappa shape index (κ3) is 4.21. The Morgan fingerprint density at radius 1 is 1.17 bits per heavy atom. The minimum Gasteiger partial charge on any atom is -0.368 e. The Balaban J connectivity index is 1.88. The molecule has 2 heterocycles. The molecule has 0 saturated carbocycles. The fourth-order valence-electron chi connectivity index (χ4n) is 2.45. The average molecular weight is 331 g/mol. The van der Waals surface area contributed by atoms with Crippen LogP contribution in [0.5, 0.6) is 0 Å². The van der Waals surface area contributed by atoms with E-state index < -0.39 is 0 Å². The summed E-state index contributed by atoms with van der Waals surface area (Å²) >= 11 is 0. The highest BCUT2D eigenvalue weighted by molar-refractivity contribution is 5.96. The van der Waals surface area contributed by atoms with Crippen molar-refractivity contribution in [1.29, 1.82) is 0 Å². The van der Waals surface area contributed by atoms with Gasteiger partial charge >= 0.3 is 0 Å². The van der Waals surface area contributed by atoms with E-state index in [2.05, 4.69) is 31.0 Å². The van der Waals surface area contributed by atoms with Crippen LogP contribution < -0.4 is 16.0 Å². The number of amides is 1. The van der Waals surface area contributed by atoms with Crippen LogP contribution in [0.2, 0.25) is 0 Å². The highest BCUT2D eigenvalue weighted by Crippen LogP contribution is 2.11. The molecule has 8 heteroatoms. The summed E-state index contributed by atoms with van der Waals surface area (Å²) in [7, 11) is 1.83. The molecule has 0 aromatic carbocycles. The zero-order chi connectivity index (χ0) is 17.7. The number of hydrogen-bond acceptors (Lipinski definition) is 6. The molecule has 2 aromatic rings. The summed E-state index contributed by atoms with van der Waals surface area (Å²) in [5.41, 5.74) is 3.13. The summed E-state index contributed by atoms with van der Waals surface area (Å²) in [6.45, 7) is 9.48. The third-order valence-corrected chi connectivity index (χ3v) is 3.64. The van der Waals surface area contributed by atoms with Gasteiger partial charge in [0.2, 0.25) is 5.95 Å². The van der Waals surface area contributed by atoms with Gasteiger partial charge in [-0.05, 0) is 27.7 Å². The Bertz CT molecular complexity index is 723. The molecule has 0 bridgehead atoms. The van der Waals surface area contributed by atoms with Crippen molar-refractivity contribution in [2.24, 2.45) is 7.05 Å². The molecular weight excluding hydrogens is 306 g/mol. The summed E-state index contributed by atoms with van der Waals surface area (Å²) in [5, 5.41) is 13.5. The van der Waals surface area contributed by atoms with Crippen LogP contribution in [0.4, 0.5) is 11.8 Å². The van der Waals surface area contributed by atoms with Crippen molar-refractivity contribution >= 4 is 17.7 Å². The van der Waals surface area contributed by atoms with Gasteiger partial charge in [0.05, 0.1) is 11.3 Å². The number of rotatable bonds is 7. The van der Waals surface area contributed by atoms with E-state index in [0.29, 0.717) is 24.6 Å². The van der Waals surface area contributed by atoms with Crippen molar-refractivity contribution in [3.05, 3.63) is 28.7 Å². The first-order chi connectivity index (χ1) is 11.4. The monoisotopic (exact) mass is 331 g/mol. The van der Waals surface area contributed by atoms with Crippen LogP contribution in [0.3, 0.4) is 0 Å². The van der Waals surface area contributed by atoms with E-state index in [0.717, 1.165) is 29.4 Å². The number of hydrogen-bond donors (Lipinski definition) is 3. The zero-order valence-corrected chi connectivity index (χ0v) is 14.9. The van der Waals surface area contributed by atoms with Crippen LogP contribution in [0, 0.1) is 20.8 Å². The van der Waals surface area contributed by atoms with Gasteiger partial charge in [-0.25, -0.2) is 4.98 Å². The fourth-order valence-corrected chi connectivity index (χ4v) is 2.45. The highest BCUT2D eigenvalue weighted by Gasteiger charge is 2.16. The lowest BCUT2D eigenvalue weighted by Crippen LogP contribution is -2.29. The second kappa shape index (κ2) is 7.76. The fraction of sp³-hybridized carbons (Fsp3) is 0.500. The molecule has 0 fully saturated rings. The lowest BCUT2D eigenvalue weighted by molar-refractivity contribution is 0.0954. The number of anilines is 2. The molecule has 0 aliphatic carbocycles. The Morgan fingerprint density at radius 2 is 1.92 bits per heavy atom. The standard InChI is InChI=1S/C16H25N7O/c1-6-17-16-20-10(2)9-13(21-16)18-7-8-19-15(24)14-11(3)22-23(5)12(14)4/h9H,6-8H2,1-5H3,(H,19,24)(H2,17,18,20,21). The molecule has 0 unspecified atom stereocenters. The molecule has 24 heavy (non-hydrogen) atoms. The summed E-state index contributed by atoms with van der Waals surface area (Å²) in [5.74, 6) is 1.24. The predicted octanol–water partition coefficient (Wildman–Crippen LogP) is 1.41. The molecule has 0 atom stereocenters. The van der Waals surface area contributed by atoms with Crippen molar-refractivity contribution < 1.29 is 4.79 Å². The number of carbonyl (C=O) groups is 1. The van der Waals surface area contributed by atoms with Crippen molar-refractivity contribution in [3.63, 3.8) is 0 Å². The van der Waals surface area contributed by atoms with Gasteiger partial charge in [-0.3, -0.25) is 9.48 Å². The van der Waals surface area contributed by atoms with Crippen LogP contribution in [-0.2, 0) is 7.05 Å². The molecule has 0 aliphatic heterocycles. The number of carbonyl (C=O) groups excluding carboxylic acids is 1. The summed E-state index contributed by atoms with van der Waals surface area (Å²) in [4.78, 5) is 20.9. The molecular formula is C16H25N7O. The van der Waals surface area contributed by atoms with E-state index in [1.165, 1.54) is 0 Å². The van der Waals surface area contributed by atoms with E-state index in [1.807, 2.05) is 40.8 Å². The van der Waals surface area contributed by atoms with Crippen LogP contribution in [-0.4, -0.2) is 45.3 Å². The first kappa shape index (κ1) is 17.7. The van der Waals surface area contributed by atoms with Gasteiger partial charge < -0.3 is 16.0 Å². The smallest absolute Gasteiger partial charge is 0.255 e. The van der Waals surface area contributed by atoms with E-state index in [4.69, 9.17) is 0 Å². The Labute approximate surface area is 142 Å². The molecule has 0 aliphatic rings. The van der Waals surface area contributed by atoms with Crippen LogP contribution in [0.15, 0.2) is 6.07 Å². The molecule has 0 spiro atoms. The molecule has 130 valence electrons. The maximum absolute atomic E-state index is 12.3. The molecule has 1 amide bonds. The Hall–Kier alpha value is -2.64. The van der Waals surface area contributed by atoms with Gasteiger partial charge in [-0.2, -0.15) is 10.1 Å². The van der Waals surface area contributed by atoms with Crippen LogP contribution >= 0.6 is 0 Å². The second-order valence-electron chi connectivity index (χ2n) is 5.60. The summed E-state index contributed by atoms with van der Waals surface area (Å²) in [6, 6.07) is 1.87. The van der Waals surface area contributed by atoms with E-state index >= 15 is 0 Å². The molecule has 3 N–H and O–H groups in total. The third-order valence-electron chi connectivity index (χ3n) is 3.64. The van der Waals surface area contributed by atoms with Gasteiger partial charge in [-0.15, -0.1) is 0 Å². The zero-order valence-electron chi connectivity index (χ0n) is 14.9. The van der Waals surface area contributed by atoms with Gasteiger partial charge in [0.25, 0.3) is 5.91 Å². The second-order valence-corrected chi connectivity index (χ2v) is 5.60. The minimum atomic E-state index is -0.105. The number of nitrogens with zero attached hydrogens (tertiary/aromatic N) is 4. The summed E-state index contributed by atoms with van der Waals surface area (Å²) < 4.78 is 1.72. The SMILES string of the molecule is CCNc1nc(C)cc(NCCNC(=O)c2c(C)nn(C)c2C)n1. The normalized spacial score (nSPS) is 10.5. The van der Waals surface area contributed by atoms with E-state index in [9.17, 15) is 4.79 Å². The van der Waals surface area contributed by atoms with Gasteiger partial charge in [0, 0.05) is 44.1 Å². The maximum atomic E-state index is 12.3. The molecule has 2 rings (SSSR count). The molecule has 2 aromatic heterocycles. The highest BCUT2D eigenvalue weighted by atomic mass is 16.1. The van der Waals surface area contributed by atoms with E-state index in [1.54, 1.807) is 4.68 Å². The van der Waals surface area contributed by atoms with Gasteiger partial charge in [0.1, 0.15) is 5.82 Å². The summed E-state index contributed by atoms with van der Waals surface area (Å²) in [6.07, 6.45) is 0. The number of aromatic nitrogens is 4. The van der Waals surface area contributed by atoms with Crippen LogP contribution in [0.1, 0.15) is 34.4 Å². The lowest BCUT2D eigenvalue weighted by atomic mass is 10.2.